The highest BCUT2D eigenvalue weighted by Crippen LogP contribution is 2.44. The number of fused-ring (bicyclic) bond motifs is 2. The minimum atomic E-state index is -1.04. The summed E-state index contributed by atoms with van der Waals surface area (Å²) in [6.45, 7) is 15.6. The van der Waals surface area contributed by atoms with Gasteiger partial charge in [-0.3, -0.25) is 0 Å². The molecule has 2 aliphatic carbocycles. The van der Waals surface area contributed by atoms with E-state index in [2.05, 4.69) is 46.6 Å². The maximum Gasteiger partial charge on any atom is 0.423 e. The quantitative estimate of drug-likeness (QED) is 0.0915. The summed E-state index contributed by atoms with van der Waals surface area (Å²) in [4.78, 5) is 33.1. The fraction of sp³-hybridized carbons (Fsp3) is 0.500. The molecule has 0 aliphatic heterocycles. The molecule has 290 valence electrons. The third kappa shape index (κ3) is 8.37. The van der Waals surface area contributed by atoms with Gasteiger partial charge in [-0.05, 0) is 51.9 Å². The Bertz CT molecular complexity index is 1720. The van der Waals surface area contributed by atoms with Crippen molar-refractivity contribution in [2.45, 2.75) is 91.5 Å². The van der Waals surface area contributed by atoms with Gasteiger partial charge in [0.1, 0.15) is 0 Å². The summed E-state index contributed by atoms with van der Waals surface area (Å²) in [5.41, 5.74) is 7.54. The number of aromatic nitrogens is 2. The van der Waals surface area contributed by atoms with Crippen LogP contribution in [-0.2, 0) is 57.8 Å². The van der Waals surface area contributed by atoms with Crippen molar-refractivity contribution in [2.24, 2.45) is 0 Å². The Morgan fingerprint density at radius 2 is 0.981 bits per heavy atom. The fourth-order valence-electron chi connectivity index (χ4n) is 8.35. The van der Waals surface area contributed by atoms with Crippen molar-refractivity contribution in [2.75, 3.05) is 53.5 Å². The number of methoxy groups -OCH3 is 2. The lowest BCUT2D eigenvalue weighted by Gasteiger charge is -2.24. The van der Waals surface area contributed by atoms with Crippen LogP contribution < -0.4 is 9.47 Å². The molecule has 2 aromatic carbocycles. The number of esters is 2. The van der Waals surface area contributed by atoms with Crippen LogP contribution in [0.4, 0.5) is 0 Å². The molecule has 2 aliphatic rings. The predicted molar refractivity (Wildman–Crippen MR) is 212 cm³/mol. The van der Waals surface area contributed by atoms with Crippen molar-refractivity contribution >= 4 is 11.9 Å². The van der Waals surface area contributed by atoms with E-state index in [1.165, 1.54) is 0 Å². The maximum absolute atomic E-state index is 14.2. The number of hydrogen-bond acceptors (Lipinski definition) is 8. The number of benzene rings is 2. The molecule has 2 aromatic heterocycles. The number of carbonyl (C=O) groups excluding carboxylic acids is 2. The summed E-state index contributed by atoms with van der Waals surface area (Å²) in [5, 5.41) is 0. The maximum atomic E-state index is 14.2. The van der Waals surface area contributed by atoms with Gasteiger partial charge in [-0.2, -0.15) is 0 Å². The normalized spacial score (nSPS) is 16.7. The van der Waals surface area contributed by atoms with Gasteiger partial charge in [0.2, 0.25) is 0 Å². The van der Waals surface area contributed by atoms with Crippen LogP contribution in [-0.4, -0.2) is 96.6 Å². The number of rotatable bonds is 16. The summed E-state index contributed by atoms with van der Waals surface area (Å²) in [6.07, 6.45) is 4.42. The highest BCUT2D eigenvalue weighted by atomic mass is 16.6. The topological polar surface area (TPSA) is 87.4 Å². The van der Waals surface area contributed by atoms with Crippen LogP contribution in [0.25, 0.3) is 22.5 Å². The monoisotopic (exact) mass is 738 g/mol. The van der Waals surface area contributed by atoms with Gasteiger partial charge < -0.3 is 37.9 Å². The van der Waals surface area contributed by atoms with Gasteiger partial charge in [0, 0.05) is 86.9 Å². The van der Waals surface area contributed by atoms with Gasteiger partial charge >= 0.3 is 11.9 Å². The molecule has 54 heavy (non-hydrogen) atoms. The second-order valence-electron chi connectivity index (χ2n) is 14.3. The zero-order valence-electron chi connectivity index (χ0n) is 33.1. The first kappa shape index (κ1) is 39.5. The fourth-order valence-corrected chi connectivity index (χ4v) is 8.35. The van der Waals surface area contributed by atoms with Gasteiger partial charge in [-0.25, -0.2) is 9.59 Å². The van der Waals surface area contributed by atoms with Crippen molar-refractivity contribution in [1.29, 1.82) is 0 Å². The lowest BCUT2D eigenvalue weighted by Crippen LogP contribution is -2.28. The zero-order chi connectivity index (χ0) is 38.2. The molecule has 2 heterocycles. The molecule has 0 spiro atoms. The Hall–Kier alpha value is -4.22. The molecule has 2 atom stereocenters. The molecule has 10 heteroatoms. The van der Waals surface area contributed by atoms with E-state index in [0.717, 1.165) is 123 Å². The van der Waals surface area contributed by atoms with Gasteiger partial charge in [0.15, 0.2) is 11.5 Å². The van der Waals surface area contributed by atoms with Crippen molar-refractivity contribution in [3.8, 4) is 34.0 Å². The highest BCUT2D eigenvalue weighted by Gasteiger charge is 2.36. The molecule has 0 radical (unpaired) electrons. The summed E-state index contributed by atoms with van der Waals surface area (Å²) in [5.74, 6) is -1.25. The molecule has 2 unspecified atom stereocenters. The van der Waals surface area contributed by atoms with E-state index < -0.39 is 11.9 Å². The molecule has 0 N–H and O–H groups in total. The van der Waals surface area contributed by atoms with Crippen LogP contribution >= 0.6 is 0 Å². The van der Waals surface area contributed by atoms with E-state index in [0.29, 0.717) is 24.3 Å². The summed E-state index contributed by atoms with van der Waals surface area (Å²) >= 11 is 0. The van der Waals surface area contributed by atoms with E-state index in [1.807, 2.05) is 60.7 Å². The Labute approximate surface area is 320 Å². The Kier molecular flexibility index (Phi) is 13.5. The first-order chi connectivity index (χ1) is 26.3. The Balaban J connectivity index is 1.40. The number of nitrogens with zero attached hydrogens (tertiary/aromatic N) is 4. The van der Waals surface area contributed by atoms with Crippen LogP contribution in [0.2, 0.25) is 0 Å². The minimum absolute atomic E-state index is 0.0195. The molecule has 10 nitrogen and oxygen atoms in total. The van der Waals surface area contributed by atoms with Crippen LogP contribution in [0, 0.1) is 0 Å². The molecule has 4 aromatic rings. The third-order valence-electron chi connectivity index (χ3n) is 11.5. The van der Waals surface area contributed by atoms with Crippen molar-refractivity contribution in [1.82, 2.24) is 18.9 Å². The van der Waals surface area contributed by atoms with Gasteiger partial charge in [0.05, 0.1) is 23.6 Å². The summed E-state index contributed by atoms with van der Waals surface area (Å²) in [6, 6.07) is 20.0. The van der Waals surface area contributed by atoms with Crippen molar-refractivity contribution in [3.63, 3.8) is 0 Å². The molecular formula is C44H58N4O6. The molecule has 0 bridgehead atoms. The van der Waals surface area contributed by atoms with Crippen LogP contribution in [0.3, 0.4) is 0 Å². The first-order valence-corrected chi connectivity index (χ1v) is 19.9. The number of ether oxygens (including phenoxy) is 4. The number of carbonyl (C=O) groups is 2. The van der Waals surface area contributed by atoms with E-state index in [1.54, 1.807) is 14.2 Å². The van der Waals surface area contributed by atoms with Gasteiger partial charge in [0.25, 0.3) is 0 Å². The number of hydrogen-bond donors (Lipinski definition) is 0. The van der Waals surface area contributed by atoms with Crippen molar-refractivity contribution < 1.29 is 28.5 Å². The lowest BCUT2D eigenvalue weighted by atomic mass is 9.94. The van der Waals surface area contributed by atoms with Crippen LogP contribution in [0.15, 0.2) is 60.7 Å². The second kappa shape index (κ2) is 18.4. The lowest BCUT2D eigenvalue weighted by molar-refractivity contribution is -0.156. The van der Waals surface area contributed by atoms with E-state index in [-0.39, 0.29) is 12.2 Å². The number of likely N-dealkylation sites (N-methyl/N-ethyl adjacent to an activating group) is 2. The smallest absolute Gasteiger partial charge is 0.415 e. The minimum Gasteiger partial charge on any atom is -0.415 e. The standard InChI is InChI=1S/C44H58N4O6/c1-7-45(8-2)25-27-47-37-23-21-33(51-5)29-35(37)41(39(47)31-17-13-11-14-18-31)53-43(49)44(50)54-42-36-30-34(52-6)22-24-38(36)48(28-26-46(9-3)10-4)40(42)32-19-15-12-16-20-32/h11-20,33-34H,7-10,21-30H2,1-6H3. The van der Waals surface area contributed by atoms with E-state index in [9.17, 15) is 9.59 Å². The first-order valence-electron chi connectivity index (χ1n) is 19.9. The molecule has 0 fully saturated rings. The van der Waals surface area contributed by atoms with Crippen molar-refractivity contribution in [3.05, 3.63) is 83.2 Å². The predicted octanol–water partition coefficient (Wildman–Crippen LogP) is 6.83. The van der Waals surface area contributed by atoms with Gasteiger partial charge in [-0.1, -0.05) is 88.4 Å². The average Bonchev–Trinajstić information content (AvgIpc) is 3.69. The second-order valence-corrected chi connectivity index (χ2v) is 14.3. The zero-order valence-corrected chi connectivity index (χ0v) is 33.1. The molecule has 0 amide bonds. The Morgan fingerprint density at radius 3 is 1.31 bits per heavy atom. The van der Waals surface area contributed by atoms with E-state index >= 15 is 0 Å². The molecule has 0 saturated carbocycles. The van der Waals surface area contributed by atoms with E-state index in [4.69, 9.17) is 18.9 Å². The molecule has 0 saturated heterocycles. The van der Waals surface area contributed by atoms with Gasteiger partial charge in [-0.15, -0.1) is 0 Å². The third-order valence-corrected chi connectivity index (χ3v) is 11.5. The van der Waals surface area contributed by atoms with Crippen LogP contribution in [0.5, 0.6) is 11.5 Å². The highest BCUT2D eigenvalue weighted by molar-refractivity contribution is 6.31. The average molecular weight is 739 g/mol. The largest absolute Gasteiger partial charge is 0.423 e. The molecule has 6 rings (SSSR count). The SMILES string of the molecule is CCN(CC)CCn1c2c(c(OC(=O)C(=O)Oc3c4c(n(CCN(CC)CC)c3-c3ccccc3)CCC(OC)C4)c1-c1ccccc1)CC(OC)CC2. The summed E-state index contributed by atoms with van der Waals surface area (Å²) in [7, 11) is 3.45. The molecular weight excluding hydrogens is 681 g/mol. The Morgan fingerprint density at radius 1 is 0.611 bits per heavy atom. The van der Waals surface area contributed by atoms with Crippen LogP contribution in [0.1, 0.15) is 63.1 Å². The summed E-state index contributed by atoms with van der Waals surface area (Å²) < 4.78 is 28.8.